The SMILES string of the molecule is CC(Oc1ccccc1Cl)C(=O)N1CCCC1CN. The average Bonchev–Trinajstić information content (AvgIpc) is 2.88. The zero-order valence-electron chi connectivity index (χ0n) is 11.0. The Bertz CT molecular complexity index is 453. The number of rotatable bonds is 4. The maximum Gasteiger partial charge on any atom is 0.263 e. The first kappa shape index (κ1) is 14.2. The molecule has 4 nitrogen and oxygen atoms in total. The van der Waals surface area contributed by atoms with E-state index in [9.17, 15) is 4.79 Å². The number of amides is 1. The van der Waals surface area contributed by atoms with Gasteiger partial charge in [0.1, 0.15) is 5.75 Å². The highest BCUT2D eigenvalue weighted by Gasteiger charge is 2.31. The monoisotopic (exact) mass is 282 g/mol. The van der Waals surface area contributed by atoms with Gasteiger partial charge in [0.05, 0.1) is 5.02 Å². The minimum Gasteiger partial charge on any atom is -0.479 e. The second kappa shape index (κ2) is 6.26. The lowest BCUT2D eigenvalue weighted by molar-refractivity contribution is -0.138. The fraction of sp³-hybridized carbons (Fsp3) is 0.500. The van der Waals surface area contributed by atoms with E-state index in [2.05, 4.69) is 0 Å². The van der Waals surface area contributed by atoms with Gasteiger partial charge >= 0.3 is 0 Å². The van der Waals surface area contributed by atoms with Gasteiger partial charge in [0.15, 0.2) is 6.10 Å². The van der Waals surface area contributed by atoms with Gasteiger partial charge in [-0.1, -0.05) is 23.7 Å². The molecule has 5 heteroatoms. The minimum absolute atomic E-state index is 0.0205. The minimum atomic E-state index is -0.549. The van der Waals surface area contributed by atoms with E-state index in [1.807, 2.05) is 17.0 Å². The molecule has 2 rings (SSSR count). The molecular weight excluding hydrogens is 264 g/mol. The molecule has 1 aromatic carbocycles. The Kier molecular flexibility index (Phi) is 4.66. The smallest absolute Gasteiger partial charge is 0.263 e. The Hall–Kier alpha value is -1.26. The highest BCUT2D eigenvalue weighted by atomic mass is 35.5. The number of halogens is 1. The third-order valence-electron chi connectivity index (χ3n) is 3.42. The summed E-state index contributed by atoms with van der Waals surface area (Å²) in [7, 11) is 0. The Morgan fingerprint density at radius 2 is 2.32 bits per heavy atom. The number of para-hydroxylation sites is 1. The van der Waals surface area contributed by atoms with Crippen molar-refractivity contribution < 1.29 is 9.53 Å². The molecule has 2 unspecified atom stereocenters. The molecule has 1 aliphatic rings. The Morgan fingerprint density at radius 1 is 1.58 bits per heavy atom. The van der Waals surface area contributed by atoms with E-state index in [1.165, 1.54) is 0 Å². The van der Waals surface area contributed by atoms with Gasteiger partial charge in [-0.2, -0.15) is 0 Å². The molecule has 104 valence electrons. The van der Waals surface area contributed by atoms with Crippen molar-refractivity contribution in [3.05, 3.63) is 29.3 Å². The molecule has 1 amide bonds. The molecule has 19 heavy (non-hydrogen) atoms. The zero-order valence-corrected chi connectivity index (χ0v) is 11.8. The van der Waals surface area contributed by atoms with Crippen molar-refractivity contribution >= 4 is 17.5 Å². The number of carbonyl (C=O) groups is 1. The summed E-state index contributed by atoms with van der Waals surface area (Å²) in [4.78, 5) is 14.2. The molecule has 0 aliphatic carbocycles. The fourth-order valence-electron chi connectivity index (χ4n) is 2.39. The number of benzene rings is 1. The first-order valence-electron chi connectivity index (χ1n) is 6.55. The lowest BCUT2D eigenvalue weighted by Crippen LogP contribution is -2.45. The van der Waals surface area contributed by atoms with Gasteiger partial charge in [0.25, 0.3) is 5.91 Å². The largest absolute Gasteiger partial charge is 0.479 e. The number of likely N-dealkylation sites (tertiary alicyclic amines) is 1. The average molecular weight is 283 g/mol. The van der Waals surface area contributed by atoms with Gasteiger partial charge in [-0.15, -0.1) is 0 Å². The Labute approximate surface area is 118 Å². The lowest BCUT2D eigenvalue weighted by atomic mass is 10.2. The van der Waals surface area contributed by atoms with E-state index in [-0.39, 0.29) is 11.9 Å². The summed E-state index contributed by atoms with van der Waals surface area (Å²) in [6.45, 7) is 3.01. The van der Waals surface area contributed by atoms with E-state index >= 15 is 0 Å². The van der Waals surface area contributed by atoms with Gasteiger partial charge < -0.3 is 15.4 Å². The fourth-order valence-corrected chi connectivity index (χ4v) is 2.57. The first-order valence-corrected chi connectivity index (χ1v) is 6.93. The van der Waals surface area contributed by atoms with Crippen LogP contribution in [0.15, 0.2) is 24.3 Å². The van der Waals surface area contributed by atoms with Crippen molar-refractivity contribution in [1.29, 1.82) is 0 Å². The highest BCUT2D eigenvalue weighted by molar-refractivity contribution is 6.32. The predicted octanol–water partition coefficient (Wildman–Crippen LogP) is 2.06. The van der Waals surface area contributed by atoms with Crippen LogP contribution >= 0.6 is 11.6 Å². The maximum absolute atomic E-state index is 12.3. The number of carbonyl (C=O) groups excluding carboxylic acids is 1. The van der Waals surface area contributed by atoms with Crippen LogP contribution in [0.4, 0.5) is 0 Å². The van der Waals surface area contributed by atoms with Crippen molar-refractivity contribution in [3.8, 4) is 5.75 Å². The number of nitrogens with two attached hydrogens (primary N) is 1. The van der Waals surface area contributed by atoms with Crippen LogP contribution in [0.25, 0.3) is 0 Å². The molecule has 0 spiro atoms. The molecule has 2 atom stereocenters. The number of hydrogen-bond donors (Lipinski definition) is 1. The summed E-state index contributed by atoms with van der Waals surface area (Å²) in [5.74, 6) is 0.515. The number of nitrogens with zero attached hydrogens (tertiary/aromatic N) is 1. The summed E-state index contributed by atoms with van der Waals surface area (Å²) in [6, 6.07) is 7.30. The van der Waals surface area contributed by atoms with E-state index in [1.54, 1.807) is 19.1 Å². The lowest BCUT2D eigenvalue weighted by Gasteiger charge is -2.27. The van der Waals surface area contributed by atoms with Gasteiger partial charge in [-0.25, -0.2) is 0 Å². The van der Waals surface area contributed by atoms with Crippen LogP contribution in [-0.2, 0) is 4.79 Å². The van der Waals surface area contributed by atoms with Crippen LogP contribution < -0.4 is 10.5 Å². The van der Waals surface area contributed by atoms with Crippen molar-refractivity contribution in [2.24, 2.45) is 5.73 Å². The van der Waals surface area contributed by atoms with Crippen LogP contribution in [0.3, 0.4) is 0 Å². The molecule has 1 heterocycles. The van der Waals surface area contributed by atoms with Crippen LogP contribution in [0.5, 0.6) is 5.75 Å². The normalized spacial score (nSPS) is 20.4. The van der Waals surface area contributed by atoms with E-state index in [0.29, 0.717) is 17.3 Å². The van der Waals surface area contributed by atoms with Crippen molar-refractivity contribution in [1.82, 2.24) is 4.90 Å². The van der Waals surface area contributed by atoms with Crippen molar-refractivity contribution in [2.75, 3.05) is 13.1 Å². The van der Waals surface area contributed by atoms with Gasteiger partial charge in [-0.05, 0) is 31.9 Å². The quantitative estimate of drug-likeness (QED) is 0.920. The molecule has 0 aromatic heterocycles. The second-order valence-electron chi connectivity index (χ2n) is 4.75. The van der Waals surface area contributed by atoms with Gasteiger partial charge in [0.2, 0.25) is 0 Å². The van der Waals surface area contributed by atoms with Gasteiger partial charge in [-0.3, -0.25) is 4.79 Å². The molecule has 1 fully saturated rings. The molecule has 1 aliphatic heterocycles. The maximum atomic E-state index is 12.3. The Morgan fingerprint density at radius 3 is 3.00 bits per heavy atom. The predicted molar refractivity (Wildman–Crippen MR) is 75.3 cm³/mol. The summed E-state index contributed by atoms with van der Waals surface area (Å²) in [6.07, 6.45) is 1.43. The second-order valence-corrected chi connectivity index (χ2v) is 5.16. The summed E-state index contributed by atoms with van der Waals surface area (Å²) in [5, 5.41) is 0.513. The molecular formula is C14H19ClN2O2. The molecule has 0 bridgehead atoms. The van der Waals surface area contributed by atoms with Crippen molar-refractivity contribution in [2.45, 2.75) is 31.9 Å². The van der Waals surface area contributed by atoms with Crippen LogP contribution in [0.1, 0.15) is 19.8 Å². The standard InChI is InChI=1S/C14H19ClN2O2/c1-10(19-13-7-3-2-6-12(13)15)14(18)17-8-4-5-11(17)9-16/h2-3,6-7,10-11H,4-5,8-9,16H2,1H3. The third-order valence-corrected chi connectivity index (χ3v) is 3.73. The Balaban J connectivity index is 2.02. The van der Waals surface area contributed by atoms with E-state index < -0.39 is 6.10 Å². The van der Waals surface area contributed by atoms with Crippen LogP contribution in [0.2, 0.25) is 5.02 Å². The van der Waals surface area contributed by atoms with E-state index in [0.717, 1.165) is 19.4 Å². The summed E-state index contributed by atoms with van der Waals surface area (Å²) >= 11 is 6.02. The van der Waals surface area contributed by atoms with Crippen LogP contribution in [-0.4, -0.2) is 36.0 Å². The number of ether oxygens (including phenoxy) is 1. The molecule has 1 saturated heterocycles. The molecule has 0 saturated carbocycles. The first-order chi connectivity index (χ1) is 9.13. The summed E-state index contributed by atoms with van der Waals surface area (Å²) in [5.41, 5.74) is 5.68. The van der Waals surface area contributed by atoms with Crippen molar-refractivity contribution in [3.63, 3.8) is 0 Å². The highest BCUT2D eigenvalue weighted by Crippen LogP contribution is 2.25. The molecule has 1 aromatic rings. The van der Waals surface area contributed by atoms with Crippen LogP contribution in [0, 0.1) is 0 Å². The summed E-state index contributed by atoms with van der Waals surface area (Å²) < 4.78 is 5.65. The zero-order chi connectivity index (χ0) is 13.8. The third kappa shape index (κ3) is 3.19. The number of hydrogen-bond acceptors (Lipinski definition) is 3. The van der Waals surface area contributed by atoms with Gasteiger partial charge in [0, 0.05) is 19.1 Å². The topological polar surface area (TPSA) is 55.6 Å². The molecule has 0 radical (unpaired) electrons. The molecule has 2 N–H and O–H groups in total. The van der Waals surface area contributed by atoms with E-state index in [4.69, 9.17) is 22.1 Å².